The lowest BCUT2D eigenvalue weighted by Gasteiger charge is -2.23. The summed E-state index contributed by atoms with van der Waals surface area (Å²) in [5.41, 5.74) is -0.536. The molecule has 0 aliphatic rings. The van der Waals surface area contributed by atoms with E-state index < -0.39 is 11.0 Å². The molecule has 9 heavy (non-hydrogen) atoms. The third-order valence-electron chi connectivity index (χ3n) is 1.22. The second-order valence-electron chi connectivity index (χ2n) is 2.48. The average Bonchev–Trinajstić information content (AvgIpc) is 1.63. The summed E-state index contributed by atoms with van der Waals surface area (Å²) in [5.74, 6) is 0. The van der Waals surface area contributed by atoms with Crippen molar-refractivity contribution >= 4 is 0 Å². The van der Waals surface area contributed by atoms with E-state index in [1.54, 1.807) is 13.8 Å². The lowest BCUT2D eigenvalue weighted by atomic mass is 10.1. The van der Waals surface area contributed by atoms with Gasteiger partial charge in [-0.15, -0.1) is 0 Å². The first-order valence-corrected chi connectivity index (χ1v) is 2.90. The van der Waals surface area contributed by atoms with Crippen LogP contribution in [-0.4, -0.2) is 10.8 Å². The molecule has 0 rings (SSSR count). The van der Waals surface area contributed by atoms with Gasteiger partial charge in [0.1, 0.15) is 5.60 Å². The summed E-state index contributed by atoms with van der Waals surface area (Å²) in [6.07, 6.45) is 0.694. The van der Waals surface area contributed by atoms with Crippen LogP contribution in [0.1, 0.15) is 27.2 Å². The van der Waals surface area contributed by atoms with E-state index in [9.17, 15) is 5.21 Å². The zero-order chi connectivity index (χ0) is 7.49. The van der Waals surface area contributed by atoms with E-state index in [0.717, 1.165) is 0 Å². The normalized spacial score (nSPS) is 15.7. The standard InChI is InChI=1S/C5H13NO3/c1-4-5(2,3)9-6(7)8/h6-7H,4H2,1-3H3. The Hall–Kier alpha value is -0.160. The van der Waals surface area contributed by atoms with Gasteiger partial charge in [-0.3, -0.25) is 0 Å². The lowest BCUT2D eigenvalue weighted by molar-refractivity contribution is -1.21. The molecule has 0 radical (unpaired) electrons. The van der Waals surface area contributed by atoms with Crippen LogP contribution in [0, 0.1) is 5.21 Å². The third kappa shape index (κ3) is 4.35. The van der Waals surface area contributed by atoms with Crippen LogP contribution in [0.15, 0.2) is 0 Å². The second-order valence-corrected chi connectivity index (χ2v) is 2.48. The highest BCUT2D eigenvalue weighted by molar-refractivity contribution is 4.61. The predicted molar refractivity (Wildman–Crippen MR) is 31.6 cm³/mol. The van der Waals surface area contributed by atoms with Gasteiger partial charge >= 0.3 is 0 Å². The first-order valence-electron chi connectivity index (χ1n) is 2.90. The topological polar surface area (TPSA) is 57.0 Å². The molecule has 4 nitrogen and oxygen atoms in total. The number of hydrogen-bond donors (Lipinski definition) is 2. The summed E-state index contributed by atoms with van der Waals surface area (Å²) >= 11 is 0. The summed E-state index contributed by atoms with van der Waals surface area (Å²) < 4.78 is 0. The van der Waals surface area contributed by atoms with Crippen molar-refractivity contribution in [2.45, 2.75) is 32.8 Å². The van der Waals surface area contributed by atoms with Crippen molar-refractivity contribution < 1.29 is 15.4 Å². The molecule has 0 aliphatic carbocycles. The molecular formula is C5H13NO3. The van der Waals surface area contributed by atoms with Crippen LogP contribution in [-0.2, 0) is 4.84 Å². The molecule has 0 aliphatic heterocycles. The van der Waals surface area contributed by atoms with Crippen molar-refractivity contribution in [3.63, 3.8) is 0 Å². The van der Waals surface area contributed by atoms with Crippen LogP contribution in [0.2, 0.25) is 0 Å². The number of hydrogen-bond acceptors (Lipinski definition) is 3. The van der Waals surface area contributed by atoms with Gasteiger partial charge in [0.15, 0.2) is 0 Å². The molecule has 0 heterocycles. The Morgan fingerprint density at radius 1 is 1.67 bits per heavy atom. The molecular weight excluding hydrogens is 122 g/mol. The Morgan fingerprint density at radius 2 is 2.11 bits per heavy atom. The van der Waals surface area contributed by atoms with Crippen molar-refractivity contribution in [1.82, 2.24) is 0 Å². The fraction of sp³-hybridized carbons (Fsp3) is 1.00. The van der Waals surface area contributed by atoms with Crippen LogP contribution in [0.3, 0.4) is 0 Å². The molecule has 1 atom stereocenters. The van der Waals surface area contributed by atoms with Gasteiger partial charge in [-0.2, -0.15) is 10.0 Å². The second kappa shape index (κ2) is 3.12. The first-order chi connectivity index (χ1) is 3.98. The lowest BCUT2D eigenvalue weighted by Crippen LogP contribution is -3.05. The minimum absolute atomic E-state index is 0.536. The minimum atomic E-state index is -1.21. The first kappa shape index (κ1) is 8.84. The molecule has 4 heteroatoms. The summed E-state index contributed by atoms with van der Waals surface area (Å²) in [6.45, 7) is 5.35. The molecule has 0 saturated carbocycles. The van der Waals surface area contributed by atoms with Crippen LogP contribution < -0.4 is 5.39 Å². The minimum Gasteiger partial charge on any atom is -0.566 e. The SMILES string of the molecule is CCC(C)(C)O[NH+]([O-])O. The van der Waals surface area contributed by atoms with Crippen molar-refractivity contribution in [1.29, 1.82) is 0 Å². The van der Waals surface area contributed by atoms with E-state index in [1.807, 2.05) is 6.92 Å². The van der Waals surface area contributed by atoms with Crippen LogP contribution >= 0.6 is 0 Å². The van der Waals surface area contributed by atoms with E-state index >= 15 is 0 Å². The number of quaternary nitrogens is 1. The fourth-order valence-electron chi connectivity index (χ4n) is 0.309. The maximum atomic E-state index is 9.95. The Morgan fingerprint density at radius 3 is 2.22 bits per heavy atom. The Bertz CT molecular complexity index is 82.3. The molecule has 0 saturated heterocycles. The van der Waals surface area contributed by atoms with Gasteiger partial charge in [0.05, 0.1) is 0 Å². The van der Waals surface area contributed by atoms with Gasteiger partial charge in [-0.1, -0.05) is 12.3 Å². The van der Waals surface area contributed by atoms with Crippen molar-refractivity contribution in [3.05, 3.63) is 5.21 Å². The molecule has 0 aromatic heterocycles. The molecule has 0 amide bonds. The largest absolute Gasteiger partial charge is 0.566 e. The van der Waals surface area contributed by atoms with E-state index in [2.05, 4.69) is 4.84 Å². The predicted octanol–water partition coefficient (Wildman–Crippen LogP) is -0.121. The fourth-order valence-corrected chi connectivity index (χ4v) is 0.309. The molecule has 0 aromatic rings. The molecule has 56 valence electrons. The molecule has 0 bridgehead atoms. The van der Waals surface area contributed by atoms with E-state index in [-0.39, 0.29) is 0 Å². The molecule has 0 fully saturated rings. The van der Waals surface area contributed by atoms with E-state index in [0.29, 0.717) is 6.42 Å². The maximum absolute atomic E-state index is 9.95. The van der Waals surface area contributed by atoms with Crippen LogP contribution in [0.5, 0.6) is 0 Å². The highest BCUT2D eigenvalue weighted by Crippen LogP contribution is 2.08. The smallest absolute Gasteiger partial charge is 0.126 e. The van der Waals surface area contributed by atoms with Gasteiger partial charge in [-0.25, -0.2) is 0 Å². The van der Waals surface area contributed by atoms with Crippen molar-refractivity contribution in [2.75, 3.05) is 0 Å². The molecule has 0 aromatic carbocycles. The van der Waals surface area contributed by atoms with E-state index in [4.69, 9.17) is 5.21 Å². The Labute approximate surface area is 54.5 Å². The number of nitrogens with one attached hydrogen (secondary N) is 1. The van der Waals surface area contributed by atoms with Gasteiger partial charge in [-0.05, 0) is 20.3 Å². The zero-order valence-electron chi connectivity index (χ0n) is 5.97. The van der Waals surface area contributed by atoms with E-state index in [1.165, 1.54) is 0 Å². The van der Waals surface area contributed by atoms with Crippen molar-refractivity contribution in [3.8, 4) is 0 Å². The molecule has 2 N–H and O–H groups in total. The maximum Gasteiger partial charge on any atom is 0.126 e. The van der Waals surface area contributed by atoms with Crippen LogP contribution in [0.4, 0.5) is 0 Å². The monoisotopic (exact) mass is 135 g/mol. The van der Waals surface area contributed by atoms with Gasteiger partial charge in [0, 0.05) is 0 Å². The molecule has 0 spiro atoms. The van der Waals surface area contributed by atoms with Gasteiger partial charge in [0.25, 0.3) is 0 Å². The van der Waals surface area contributed by atoms with Crippen LogP contribution in [0.25, 0.3) is 0 Å². The summed E-state index contributed by atoms with van der Waals surface area (Å²) in [6, 6.07) is 0. The highest BCUT2D eigenvalue weighted by Gasteiger charge is 2.19. The molecule has 1 unspecified atom stereocenters. The Kier molecular flexibility index (Phi) is 3.07. The Balaban J connectivity index is 3.58. The summed E-state index contributed by atoms with van der Waals surface area (Å²) in [7, 11) is 0. The van der Waals surface area contributed by atoms with Gasteiger partial charge in [0.2, 0.25) is 0 Å². The van der Waals surface area contributed by atoms with Crippen molar-refractivity contribution in [2.24, 2.45) is 0 Å². The zero-order valence-corrected chi connectivity index (χ0v) is 5.97. The summed E-state index contributed by atoms with van der Waals surface area (Å²) in [4.78, 5) is 4.50. The summed E-state index contributed by atoms with van der Waals surface area (Å²) in [5, 5.41) is 16.9. The number of rotatable bonds is 3. The third-order valence-corrected chi connectivity index (χ3v) is 1.22. The quantitative estimate of drug-likeness (QED) is 0.530. The van der Waals surface area contributed by atoms with Gasteiger partial charge < -0.3 is 5.21 Å². The highest BCUT2D eigenvalue weighted by atomic mass is 17.1. The average molecular weight is 135 g/mol.